The number of hydrogen-bond acceptors (Lipinski definition) is 3. The zero-order chi connectivity index (χ0) is 13.7. The summed E-state index contributed by atoms with van der Waals surface area (Å²) < 4.78 is 4.58. The molecule has 1 fully saturated rings. The van der Waals surface area contributed by atoms with Gasteiger partial charge in [-0.1, -0.05) is 20.8 Å². The standard InChI is InChI=1S/C13H24N2O3.H2/c1-5-10-7-6-8-15(10)12(16)11(9(2)3)14-13(17)18-4;/h9-11H,5-8H2,1-4H3,(H,14,17);1H/t10-,11+;/m1./s1. The lowest BCUT2D eigenvalue weighted by Crippen LogP contribution is -2.52. The predicted molar refractivity (Wildman–Crippen MR) is 71.3 cm³/mol. The maximum absolute atomic E-state index is 12.5. The van der Waals surface area contributed by atoms with Gasteiger partial charge in [0.05, 0.1) is 7.11 Å². The van der Waals surface area contributed by atoms with Crippen molar-refractivity contribution in [3.63, 3.8) is 0 Å². The largest absolute Gasteiger partial charge is 0.453 e. The van der Waals surface area contributed by atoms with Crippen LogP contribution in [0.2, 0.25) is 0 Å². The molecule has 5 heteroatoms. The molecule has 1 aliphatic heterocycles. The van der Waals surface area contributed by atoms with Gasteiger partial charge in [-0.05, 0) is 25.2 Å². The first-order chi connectivity index (χ1) is 8.51. The van der Waals surface area contributed by atoms with E-state index in [4.69, 9.17) is 0 Å². The molecule has 1 rings (SSSR count). The number of amides is 2. The van der Waals surface area contributed by atoms with Gasteiger partial charge in [0.1, 0.15) is 6.04 Å². The number of rotatable bonds is 4. The first kappa shape index (κ1) is 14.8. The van der Waals surface area contributed by atoms with Crippen LogP contribution in [-0.4, -0.2) is 42.6 Å². The van der Waals surface area contributed by atoms with Crippen molar-refractivity contribution in [1.82, 2.24) is 10.2 Å². The lowest BCUT2D eigenvalue weighted by atomic mass is 10.0. The number of hydrogen-bond donors (Lipinski definition) is 1. The van der Waals surface area contributed by atoms with E-state index in [9.17, 15) is 9.59 Å². The minimum absolute atomic E-state index is 0. The molecule has 5 nitrogen and oxygen atoms in total. The first-order valence-electron chi connectivity index (χ1n) is 6.66. The van der Waals surface area contributed by atoms with Crippen LogP contribution in [0.15, 0.2) is 0 Å². The van der Waals surface area contributed by atoms with Gasteiger partial charge in [0.2, 0.25) is 5.91 Å². The Labute approximate surface area is 110 Å². The van der Waals surface area contributed by atoms with Gasteiger partial charge in [-0.2, -0.15) is 0 Å². The number of carbonyl (C=O) groups excluding carboxylic acids is 2. The van der Waals surface area contributed by atoms with Gasteiger partial charge in [-0.25, -0.2) is 4.79 Å². The second kappa shape index (κ2) is 6.61. The van der Waals surface area contributed by atoms with E-state index in [2.05, 4.69) is 17.0 Å². The van der Waals surface area contributed by atoms with E-state index in [1.165, 1.54) is 7.11 Å². The number of nitrogens with zero attached hydrogens (tertiary/aromatic N) is 1. The van der Waals surface area contributed by atoms with Crippen LogP contribution in [0.4, 0.5) is 4.79 Å². The molecule has 0 aromatic carbocycles. The Bertz CT molecular complexity index is 310. The van der Waals surface area contributed by atoms with Gasteiger partial charge in [-0.15, -0.1) is 0 Å². The summed E-state index contributed by atoms with van der Waals surface area (Å²) in [5.74, 6) is 0.0643. The van der Waals surface area contributed by atoms with Crippen molar-refractivity contribution in [2.24, 2.45) is 5.92 Å². The van der Waals surface area contributed by atoms with Gasteiger partial charge in [-0.3, -0.25) is 4.79 Å². The molecular formula is C13H26N2O3. The second-order valence-electron chi connectivity index (χ2n) is 5.09. The molecule has 1 saturated heterocycles. The molecule has 1 heterocycles. The Morgan fingerprint density at radius 3 is 2.67 bits per heavy atom. The van der Waals surface area contributed by atoms with Crippen molar-refractivity contribution in [2.75, 3.05) is 13.7 Å². The van der Waals surface area contributed by atoms with Crippen LogP contribution in [0, 0.1) is 5.92 Å². The summed E-state index contributed by atoms with van der Waals surface area (Å²) in [7, 11) is 1.31. The second-order valence-corrected chi connectivity index (χ2v) is 5.09. The molecule has 1 N–H and O–H groups in total. The number of methoxy groups -OCH3 is 1. The Balaban J connectivity index is 0.00000324. The third-order valence-electron chi connectivity index (χ3n) is 3.52. The molecule has 0 aromatic rings. The maximum Gasteiger partial charge on any atom is 0.407 e. The average molecular weight is 258 g/mol. The van der Waals surface area contributed by atoms with Crippen molar-refractivity contribution in [3.05, 3.63) is 0 Å². The van der Waals surface area contributed by atoms with E-state index in [0.29, 0.717) is 6.04 Å². The SMILES string of the molecule is CC[C@@H]1CCCN1C(=O)[C@@H](NC(=O)OC)C(C)C.[HH]. The fourth-order valence-electron chi connectivity index (χ4n) is 2.43. The molecule has 0 aliphatic carbocycles. The molecule has 1 aliphatic rings. The lowest BCUT2D eigenvalue weighted by Gasteiger charge is -2.30. The van der Waals surface area contributed by atoms with Crippen LogP contribution in [0.5, 0.6) is 0 Å². The van der Waals surface area contributed by atoms with Crippen LogP contribution in [0.25, 0.3) is 0 Å². The van der Waals surface area contributed by atoms with E-state index in [0.717, 1.165) is 25.8 Å². The zero-order valence-electron chi connectivity index (χ0n) is 11.7. The number of ether oxygens (including phenoxy) is 1. The number of alkyl carbamates (subject to hydrolysis) is 1. The van der Waals surface area contributed by atoms with Gasteiger partial charge < -0.3 is 15.0 Å². The zero-order valence-corrected chi connectivity index (χ0v) is 11.7. The van der Waals surface area contributed by atoms with Crippen molar-refractivity contribution in [2.45, 2.75) is 52.1 Å². The van der Waals surface area contributed by atoms with Crippen molar-refractivity contribution in [3.8, 4) is 0 Å². The monoisotopic (exact) mass is 258 g/mol. The molecule has 18 heavy (non-hydrogen) atoms. The summed E-state index contributed by atoms with van der Waals surface area (Å²) in [6.07, 6.45) is 2.53. The van der Waals surface area contributed by atoms with Crippen molar-refractivity contribution < 1.29 is 15.8 Å². The van der Waals surface area contributed by atoms with Crippen LogP contribution < -0.4 is 5.32 Å². The summed E-state index contributed by atoms with van der Waals surface area (Å²) in [4.78, 5) is 25.7. The Morgan fingerprint density at radius 1 is 1.50 bits per heavy atom. The molecule has 2 amide bonds. The molecule has 0 aromatic heterocycles. The first-order valence-corrected chi connectivity index (χ1v) is 6.66. The normalized spacial score (nSPS) is 20.9. The third-order valence-corrected chi connectivity index (χ3v) is 3.52. The Hall–Kier alpha value is -1.26. The van der Waals surface area contributed by atoms with Crippen LogP contribution in [-0.2, 0) is 9.53 Å². The molecule has 0 unspecified atom stereocenters. The topological polar surface area (TPSA) is 58.6 Å². The Morgan fingerprint density at radius 2 is 2.17 bits per heavy atom. The maximum atomic E-state index is 12.5. The van der Waals surface area contributed by atoms with Gasteiger partial charge in [0, 0.05) is 14.0 Å². The van der Waals surface area contributed by atoms with Crippen LogP contribution >= 0.6 is 0 Å². The van der Waals surface area contributed by atoms with Crippen molar-refractivity contribution in [1.29, 1.82) is 0 Å². The lowest BCUT2D eigenvalue weighted by molar-refractivity contribution is -0.135. The van der Waals surface area contributed by atoms with E-state index in [1.54, 1.807) is 0 Å². The highest BCUT2D eigenvalue weighted by Crippen LogP contribution is 2.22. The van der Waals surface area contributed by atoms with Crippen LogP contribution in [0.3, 0.4) is 0 Å². The summed E-state index contributed by atoms with van der Waals surface area (Å²) in [5, 5.41) is 2.64. The summed E-state index contributed by atoms with van der Waals surface area (Å²) in [6, 6.07) is -0.178. The van der Waals surface area contributed by atoms with E-state index >= 15 is 0 Å². The van der Waals surface area contributed by atoms with E-state index in [1.807, 2.05) is 18.7 Å². The highest BCUT2D eigenvalue weighted by Gasteiger charge is 2.34. The molecule has 0 spiro atoms. The van der Waals surface area contributed by atoms with Gasteiger partial charge in [0.25, 0.3) is 0 Å². The summed E-state index contributed by atoms with van der Waals surface area (Å²) >= 11 is 0. The van der Waals surface area contributed by atoms with Crippen molar-refractivity contribution >= 4 is 12.0 Å². The van der Waals surface area contributed by atoms with Gasteiger partial charge >= 0.3 is 6.09 Å². The summed E-state index contributed by atoms with van der Waals surface area (Å²) in [6.45, 7) is 6.74. The molecule has 0 bridgehead atoms. The fourth-order valence-corrected chi connectivity index (χ4v) is 2.43. The highest BCUT2D eigenvalue weighted by atomic mass is 16.5. The van der Waals surface area contributed by atoms with Gasteiger partial charge in [0.15, 0.2) is 0 Å². The minimum Gasteiger partial charge on any atom is -0.453 e. The smallest absolute Gasteiger partial charge is 0.407 e. The minimum atomic E-state index is -0.547. The molecule has 0 radical (unpaired) electrons. The molecule has 0 saturated carbocycles. The quantitative estimate of drug-likeness (QED) is 0.839. The van der Waals surface area contributed by atoms with E-state index in [-0.39, 0.29) is 13.3 Å². The Kier molecular flexibility index (Phi) is 5.44. The molecule has 106 valence electrons. The third kappa shape index (κ3) is 3.37. The molecule has 2 atom stereocenters. The summed E-state index contributed by atoms with van der Waals surface area (Å²) in [5.41, 5.74) is 0. The number of nitrogens with one attached hydrogen (secondary N) is 1. The number of carbonyl (C=O) groups is 2. The fraction of sp³-hybridized carbons (Fsp3) is 0.846. The highest BCUT2D eigenvalue weighted by molar-refractivity contribution is 5.86. The number of likely N-dealkylation sites (tertiary alicyclic amines) is 1. The van der Waals surface area contributed by atoms with E-state index < -0.39 is 12.1 Å². The average Bonchev–Trinajstić information content (AvgIpc) is 2.82. The predicted octanol–water partition coefficient (Wildman–Crippen LogP) is 2.01. The van der Waals surface area contributed by atoms with Crippen LogP contribution in [0.1, 0.15) is 41.5 Å². The molecular weight excluding hydrogens is 232 g/mol.